The van der Waals surface area contributed by atoms with Crippen molar-refractivity contribution < 1.29 is 17.9 Å². The van der Waals surface area contributed by atoms with Crippen LogP contribution >= 0.6 is 15.9 Å². The molecule has 0 radical (unpaired) electrons. The van der Waals surface area contributed by atoms with E-state index in [1.165, 1.54) is 12.1 Å². The Bertz CT molecular complexity index is 532. The molecule has 1 nitrogen and oxygen atoms in total. The van der Waals surface area contributed by atoms with E-state index in [0.717, 1.165) is 23.0 Å². The SMILES string of the molecule is FC(F)(F)c1ccc(Oc2ccc(CBr)cc2)cc1. The van der Waals surface area contributed by atoms with Gasteiger partial charge in [0.05, 0.1) is 5.56 Å². The third kappa shape index (κ3) is 3.73. The highest BCUT2D eigenvalue weighted by molar-refractivity contribution is 9.08. The Balaban J connectivity index is 2.10. The summed E-state index contributed by atoms with van der Waals surface area (Å²) in [4.78, 5) is 0. The van der Waals surface area contributed by atoms with Crippen LogP contribution in [0.3, 0.4) is 0 Å². The van der Waals surface area contributed by atoms with Gasteiger partial charge in [0.1, 0.15) is 11.5 Å². The minimum atomic E-state index is -4.32. The molecule has 2 rings (SSSR count). The summed E-state index contributed by atoms with van der Waals surface area (Å²) in [6.07, 6.45) is -4.32. The maximum atomic E-state index is 12.4. The Kier molecular flexibility index (Phi) is 4.14. The van der Waals surface area contributed by atoms with Crippen molar-refractivity contribution in [2.24, 2.45) is 0 Å². The predicted molar refractivity (Wildman–Crippen MR) is 70.6 cm³/mol. The summed E-state index contributed by atoms with van der Waals surface area (Å²) in [5, 5.41) is 0.744. The van der Waals surface area contributed by atoms with Crippen molar-refractivity contribution in [1.82, 2.24) is 0 Å². The van der Waals surface area contributed by atoms with Gasteiger partial charge in [-0.3, -0.25) is 0 Å². The minimum absolute atomic E-state index is 0.375. The molecule has 0 aromatic heterocycles. The Morgan fingerprint density at radius 3 is 1.74 bits per heavy atom. The topological polar surface area (TPSA) is 9.23 Å². The number of benzene rings is 2. The molecule has 0 N–H and O–H groups in total. The van der Waals surface area contributed by atoms with Crippen molar-refractivity contribution in [3.8, 4) is 11.5 Å². The molecule has 100 valence electrons. The van der Waals surface area contributed by atoms with Crippen LogP contribution in [-0.4, -0.2) is 0 Å². The van der Waals surface area contributed by atoms with Gasteiger partial charge in [-0.1, -0.05) is 28.1 Å². The average molecular weight is 331 g/mol. The van der Waals surface area contributed by atoms with E-state index >= 15 is 0 Å². The summed E-state index contributed by atoms with van der Waals surface area (Å²) < 4.78 is 42.6. The second kappa shape index (κ2) is 5.65. The predicted octanol–water partition coefficient (Wildman–Crippen LogP) is 5.39. The molecule has 19 heavy (non-hydrogen) atoms. The van der Waals surface area contributed by atoms with E-state index < -0.39 is 11.7 Å². The molecule has 2 aromatic carbocycles. The van der Waals surface area contributed by atoms with E-state index in [1.807, 2.05) is 12.1 Å². The molecule has 0 amide bonds. The molecule has 0 aliphatic carbocycles. The van der Waals surface area contributed by atoms with Crippen LogP contribution in [0, 0.1) is 0 Å². The standard InChI is InChI=1S/C14H10BrF3O/c15-9-10-1-5-12(6-2-10)19-13-7-3-11(4-8-13)14(16,17)18/h1-8H,9H2. The lowest BCUT2D eigenvalue weighted by Gasteiger charge is -2.09. The van der Waals surface area contributed by atoms with E-state index in [0.29, 0.717) is 11.5 Å². The van der Waals surface area contributed by atoms with Crippen molar-refractivity contribution in [2.75, 3.05) is 0 Å². The third-order valence-corrected chi connectivity index (χ3v) is 3.14. The van der Waals surface area contributed by atoms with Crippen molar-refractivity contribution in [3.05, 3.63) is 59.7 Å². The first-order valence-corrected chi connectivity index (χ1v) is 6.61. The number of rotatable bonds is 3. The second-order valence-electron chi connectivity index (χ2n) is 3.90. The first-order chi connectivity index (χ1) is 8.99. The zero-order chi connectivity index (χ0) is 13.9. The molecule has 0 bridgehead atoms. The van der Waals surface area contributed by atoms with Gasteiger partial charge in [0.2, 0.25) is 0 Å². The van der Waals surface area contributed by atoms with Crippen LogP contribution in [-0.2, 0) is 11.5 Å². The lowest BCUT2D eigenvalue weighted by molar-refractivity contribution is -0.137. The molecule has 0 aliphatic rings. The van der Waals surface area contributed by atoms with E-state index in [4.69, 9.17) is 4.74 Å². The zero-order valence-corrected chi connectivity index (χ0v) is 11.3. The first-order valence-electron chi connectivity index (χ1n) is 5.49. The van der Waals surface area contributed by atoms with Gasteiger partial charge in [-0.05, 0) is 42.0 Å². The largest absolute Gasteiger partial charge is 0.457 e. The molecule has 5 heteroatoms. The first kappa shape index (κ1) is 13.9. The molecule has 0 spiro atoms. The summed E-state index contributed by atoms with van der Waals surface area (Å²) in [7, 11) is 0. The van der Waals surface area contributed by atoms with Crippen LogP contribution < -0.4 is 4.74 Å². The number of alkyl halides is 4. The van der Waals surface area contributed by atoms with Crippen molar-refractivity contribution in [2.45, 2.75) is 11.5 Å². The van der Waals surface area contributed by atoms with Gasteiger partial charge in [0.15, 0.2) is 0 Å². The lowest BCUT2D eigenvalue weighted by Crippen LogP contribution is -2.03. The van der Waals surface area contributed by atoms with Gasteiger partial charge in [0.25, 0.3) is 0 Å². The van der Waals surface area contributed by atoms with Crippen LogP contribution in [0.2, 0.25) is 0 Å². The minimum Gasteiger partial charge on any atom is -0.457 e. The van der Waals surface area contributed by atoms with Gasteiger partial charge in [-0.15, -0.1) is 0 Å². The zero-order valence-electron chi connectivity index (χ0n) is 9.75. The van der Waals surface area contributed by atoms with E-state index in [1.54, 1.807) is 12.1 Å². The van der Waals surface area contributed by atoms with E-state index in [9.17, 15) is 13.2 Å². The van der Waals surface area contributed by atoms with E-state index in [-0.39, 0.29) is 0 Å². The summed E-state index contributed by atoms with van der Waals surface area (Å²) >= 11 is 3.33. The molecule has 2 aromatic rings. The fraction of sp³-hybridized carbons (Fsp3) is 0.143. The van der Waals surface area contributed by atoms with Gasteiger partial charge in [-0.2, -0.15) is 13.2 Å². The molecular weight excluding hydrogens is 321 g/mol. The Labute approximate surface area is 117 Å². The van der Waals surface area contributed by atoms with Gasteiger partial charge >= 0.3 is 6.18 Å². The maximum absolute atomic E-state index is 12.4. The third-order valence-electron chi connectivity index (χ3n) is 2.50. The highest BCUT2D eigenvalue weighted by atomic mass is 79.9. The molecular formula is C14H10BrF3O. The van der Waals surface area contributed by atoms with E-state index in [2.05, 4.69) is 15.9 Å². The highest BCUT2D eigenvalue weighted by Crippen LogP contribution is 2.31. The summed E-state index contributed by atoms with van der Waals surface area (Å²) in [5.74, 6) is 0.962. The van der Waals surface area contributed by atoms with Crippen molar-refractivity contribution in [1.29, 1.82) is 0 Å². The number of halogens is 4. The van der Waals surface area contributed by atoms with Crippen LogP contribution in [0.15, 0.2) is 48.5 Å². The summed E-state index contributed by atoms with van der Waals surface area (Å²) in [5.41, 5.74) is 0.411. The van der Waals surface area contributed by atoms with Crippen LogP contribution in [0.1, 0.15) is 11.1 Å². The summed E-state index contributed by atoms with van der Waals surface area (Å²) in [6, 6.07) is 11.9. The number of hydrogen-bond donors (Lipinski definition) is 0. The Hall–Kier alpha value is -1.49. The monoisotopic (exact) mass is 330 g/mol. The van der Waals surface area contributed by atoms with Crippen LogP contribution in [0.4, 0.5) is 13.2 Å². The molecule has 0 heterocycles. The quantitative estimate of drug-likeness (QED) is 0.685. The second-order valence-corrected chi connectivity index (χ2v) is 4.46. The average Bonchev–Trinajstić information content (AvgIpc) is 2.39. The fourth-order valence-electron chi connectivity index (χ4n) is 1.49. The van der Waals surface area contributed by atoms with Crippen LogP contribution in [0.25, 0.3) is 0 Å². The molecule has 0 aliphatic heterocycles. The molecule has 0 saturated carbocycles. The molecule has 0 unspecified atom stereocenters. The number of ether oxygens (including phenoxy) is 1. The van der Waals surface area contributed by atoms with Gasteiger partial charge in [-0.25, -0.2) is 0 Å². The Morgan fingerprint density at radius 1 is 0.842 bits per heavy atom. The van der Waals surface area contributed by atoms with Gasteiger partial charge in [0, 0.05) is 5.33 Å². The van der Waals surface area contributed by atoms with Gasteiger partial charge < -0.3 is 4.74 Å². The molecule has 0 saturated heterocycles. The molecule has 0 fully saturated rings. The number of hydrogen-bond acceptors (Lipinski definition) is 1. The molecule has 0 atom stereocenters. The maximum Gasteiger partial charge on any atom is 0.416 e. The fourth-order valence-corrected chi connectivity index (χ4v) is 1.87. The van der Waals surface area contributed by atoms with Crippen LogP contribution in [0.5, 0.6) is 11.5 Å². The Morgan fingerprint density at radius 2 is 1.32 bits per heavy atom. The normalized spacial score (nSPS) is 11.4. The lowest BCUT2D eigenvalue weighted by atomic mass is 10.2. The van der Waals surface area contributed by atoms with Crippen molar-refractivity contribution >= 4 is 15.9 Å². The smallest absolute Gasteiger partial charge is 0.416 e. The summed E-state index contributed by atoms with van der Waals surface area (Å²) in [6.45, 7) is 0. The van der Waals surface area contributed by atoms with Crippen molar-refractivity contribution in [3.63, 3.8) is 0 Å². The highest BCUT2D eigenvalue weighted by Gasteiger charge is 2.29.